The molecule has 3 N–H and O–H groups in total. The highest BCUT2D eigenvalue weighted by molar-refractivity contribution is 5.77. The van der Waals surface area contributed by atoms with Gasteiger partial charge in [0.05, 0.1) is 20.8 Å². The van der Waals surface area contributed by atoms with Gasteiger partial charge in [0.15, 0.2) is 17.5 Å². The lowest BCUT2D eigenvalue weighted by Crippen LogP contribution is -2.44. The zero-order valence-corrected chi connectivity index (χ0v) is 14.5. The molecule has 1 fully saturated rings. The number of nitrogens with one attached hydrogen (secondary N) is 1. The Morgan fingerprint density at radius 3 is 2.57 bits per heavy atom. The number of hydrogen-bond donors (Lipinski definition) is 2. The summed E-state index contributed by atoms with van der Waals surface area (Å²) in [6.07, 6.45) is 2.63. The Morgan fingerprint density at radius 1 is 1.30 bits per heavy atom. The molecule has 6 heteroatoms. The largest absolute Gasteiger partial charge is 0.493 e. The molecule has 1 unspecified atom stereocenters. The first-order valence-electron chi connectivity index (χ1n) is 7.96. The molecule has 1 saturated carbocycles. The Balaban J connectivity index is 1.88. The van der Waals surface area contributed by atoms with Gasteiger partial charge < -0.3 is 25.4 Å². The van der Waals surface area contributed by atoms with Crippen molar-refractivity contribution in [2.24, 2.45) is 16.6 Å². The Labute approximate surface area is 138 Å². The third-order valence-electron chi connectivity index (χ3n) is 4.20. The van der Waals surface area contributed by atoms with Crippen molar-refractivity contribution in [3.63, 3.8) is 0 Å². The Hall–Kier alpha value is -1.95. The molecular weight excluding hydrogens is 292 g/mol. The first-order valence-corrected chi connectivity index (χ1v) is 7.96. The lowest BCUT2D eigenvalue weighted by atomic mass is 10.1. The summed E-state index contributed by atoms with van der Waals surface area (Å²) in [5.74, 6) is 2.68. The number of nitrogens with two attached hydrogens (primary N) is 1. The molecular formula is C17H28N4O2. The van der Waals surface area contributed by atoms with E-state index in [1.54, 1.807) is 14.2 Å². The molecule has 0 bridgehead atoms. The summed E-state index contributed by atoms with van der Waals surface area (Å²) in [5.41, 5.74) is 7.01. The highest BCUT2D eigenvalue weighted by Crippen LogP contribution is 2.34. The Kier molecular flexibility index (Phi) is 6.10. The van der Waals surface area contributed by atoms with E-state index in [0.29, 0.717) is 30.0 Å². The third kappa shape index (κ3) is 5.03. The maximum absolute atomic E-state index is 5.98. The number of benzene rings is 1. The molecule has 2 rings (SSSR count). The van der Waals surface area contributed by atoms with Crippen LogP contribution in [0.5, 0.6) is 11.5 Å². The molecule has 0 aliphatic heterocycles. The zero-order chi connectivity index (χ0) is 16.8. The van der Waals surface area contributed by atoms with Crippen LogP contribution in [0, 0.1) is 5.92 Å². The van der Waals surface area contributed by atoms with Gasteiger partial charge in [-0.1, -0.05) is 6.07 Å². The van der Waals surface area contributed by atoms with Crippen LogP contribution >= 0.6 is 0 Å². The normalized spacial score (nSPS) is 16.3. The van der Waals surface area contributed by atoms with Gasteiger partial charge in [-0.3, -0.25) is 0 Å². The maximum Gasteiger partial charge on any atom is 0.188 e. The Bertz CT molecular complexity index is 539. The van der Waals surface area contributed by atoms with Crippen LogP contribution < -0.4 is 20.5 Å². The second-order valence-electron chi connectivity index (χ2n) is 6.14. The third-order valence-corrected chi connectivity index (χ3v) is 4.20. The van der Waals surface area contributed by atoms with Crippen molar-refractivity contribution < 1.29 is 9.47 Å². The molecule has 1 aliphatic rings. The van der Waals surface area contributed by atoms with Crippen molar-refractivity contribution in [2.45, 2.75) is 25.4 Å². The lowest BCUT2D eigenvalue weighted by molar-refractivity contribution is 0.264. The molecule has 6 nitrogen and oxygen atoms in total. The number of guanidine groups is 1. The van der Waals surface area contributed by atoms with Gasteiger partial charge in [-0.2, -0.15) is 0 Å². The minimum Gasteiger partial charge on any atom is -0.493 e. The van der Waals surface area contributed by atoms with Crippen LogP contribution in [0.3, 0.4) is 0 Å². The van der Waals surface area contributed by atoms with E-state index in [2.05, 4.69) is 29.3 Å². The van der Waals surface area contributed by atoms with Crippen molar-refractivity contribution >= 4 is 5.96 Å². The monoisotopic (exact) mass is 320 g/mol. The average molecular weight is 320 g/mol. The van der Waals surface area contributed by atoms with Crippen molar-refractivity contribution in [1.29, 1.82) is 0 Å². The quantitative estimate of drug-likeness (QED) is 0.560. The molecule has 1 aliphatic carbocycles. The van der Waals surface area contributed by atoms with Gasteiger partial charge in [-0.05, 0) is 50.6 Å². The van der Waals surface area contributed by atoms with Gasteiger partial charge in [0.25, 0.3) is 0 Å². The summed E-state index contributed by atoms with van der Waals surface area (Å²) in [6, 6.07) is 6.28. The molecule has 1 aromatic rings. The maximum atomic E-state index is 5.98. The predicted molar refractivity (Wildman–Crippen MR) is 93.1 cm³/mol. The Morgan fingerprint density at radius 2 is 2.00 bits per heavy atom. The van der Waals surface area contributed by atoms with E-state index in [-0.39, 0.29) is 0 Å². The number of nitrogens with zero attached hydrogens (tertiary/aromatic N) is 2. The number of hydrogen-bond acceptors (Lipinski definition) is 4. The van der Waals surface area contributed by atoms with Gasteiger partial charge in [-0.15, -0.1) is 0 Å². The summed E-state index contributed by atoms with van der Waals surface area (Å²) in [6.45, 7) is 1.34. The van der Waals surface area contributed by atoms with E-state index in [0.717, 1.165) is 18.0 Å². The molecule has 1 aromatic carbocycles. The molecule has 0 radical (unpaired) electrons. The van der Waals surface area contributed by atoms with Crippen LogP contribution in [0.15, 0.2) is 23.2 Å². The molecule has 0 heterocycles. The van der Waals surface area contributed by atoms with E-state index in [1.807, 2.05) is 18.2 Å². The summed E-state index contributed by atoms with van der Waals surface area (Å²) in [5, 5.41) is 3.24. The summed E-state index contributed by atoms with van der Waals surface area (Å²) < 4.78 is 10.5. The van der Waals surface area contributed by atoms with Crippen LogP contribution in [0.25, 0.3) is 0 Å². The number of methoxy groups -OCH3 is 2. The van der Waals surface area contributed by atoms with E-state index in [9.17, 15) is 0 Å². The average Bonchev–Trinajstić information content (AvgIpc) is 3.37. The highest BCUT2D eigenvalue weighted by atomic mass is 16.5. The van der Waals surface area contributed by atoms with Gasteiger partial charge in [0.2, 0.25) is 0 Å². The fourth-order valence-electron chi connectivity index (χ4n) is 2.67. The smallest absolute Gasteiger partial charge is 0.188 e. The summed E-state index contributed by atoms with van der Waals surface area (Å²) in [7, 11) is 7.47. The van der Waals surface area contributed by atoms with Crippen LogP contribution in [0.2, 0.25) is 0 Å². The van der Waals surface area contributed by atoms with E-state index >= 15 is 0 Å². The minimum absolute atomic E-state index is 0.479. The van der Waals surface area contributed by atoms with Crippen LogP contribution in [0.4, 0.5) is 0 Å². The van der Waals surface area contributed by atoms with Crippen LogP contribution in [0.1, 0.15) is 18.4 Å². The van der Waals surface area contributed by atoms with Crippen LogP contribution in [-0.2, 0) is 6.54 Å². The molecule has 128 valence electrons. The fraction of sp³-hybridized carbons (Fsp3) is 0.588. The standard InChI is InChI=1S/C17H28N4O2/c1-21(2)14(13-6-7-13)11-20-17(18)19-10-12-5-8-15(22-3)16(9-12)23-4/h5,8-9,13-14H,6-7,10-11H2,1-4H3,(H3,18,19,20). The fourth-order valence-corrected chi connectivity index (χ4v) is 2.67. The topological polar surface area (TPSA) is 72.1 Å². The van der Waals surface area contributed by atoms with Gasteiger partial charge in [-0.25, -0.2) is 4.99 Å². The number of aliphatic imine (C=N–C) groups is 1. The van der Waals surface area contributed by atoms with Gasteiger partial charge in [0.1, 0.15) is 0 Å². The zero-order valence-electron chi connectivity index (χ0n) is 14.5. The molecule has 23 heavy (non-hydrogen) atoms. The highest BCUT2D eigenvalue weighted by Gasteiger charge is 2.32. The molecule has 0 spiro atoms. The lowest BCUT2D eigenvalue weighted by Gasteiger charge is -2.24. The second kappa shape index (κ2) is 8.06. The van der Waals surface area contributed by atoms with Crippen molar-refractivity contribution in [3.05, 3.63) is 23.8 Å². The van der Waals surface area contributed by atoms with Gasteiger partial charge in [0, 0.05) is 12.6 Å². The van der Waals surface area contributed by atoms with Crippen molar-refractivity contribution in [1.82, 2.24) is 10.2 Å². The molecule has 0 amide bonds. The SMILES string of the molecule is COc1ccc(CN=C(N)NCC(C2CC2)N(C)C)cc1OC. The molecule has 1 atom stereocenters. The van der Waals surface area contributed by atoms with E-state index in [1.165, 1.54) is 12.8 Å². The van der Waals surface area contributed by atoms with Gasteiger partial charge >= 0.3 is 0 Å². The molecule has 0 aromatic heterocycles. The van der Waals surface area contributed by atoms with Crippen molar-refractivity contribution in [3.8, 4) is 11.5 Å². The van der Waals surface area contributed by atoms with Crippen molar-refractivity contribution in [2.75, 3.05) is 34.9 Å². The van der Waals surface area contributed by atoms with E-state index < -0.39 is 0 Å². The first kappa shape index (κ1) is 17.4. The molecule has 0 saturated heterocycles. The number of rotatable bonds is 8. The van der Waals surface area contributed by atoms with Crippen LogP contribution in [-0.4, -0.2) is 51.8 Å². The first-order chi connectivity index (χ1) is 11.0. The van der Waals surface area contributed by atoms with E-state index in [4.69, 9.17) is 15.2 Å². The summed E-state index contributed by atoms with van der Waals surface area (Å²) >= 11 is 0. The minimum atomic E-state index is 0.479. The summed E-state index contributed by atoms with van der Waals surface area (Å²) in [4.78, 5) is 6.66. The number of likely N-dealkylation sites (N-methyl/N-ethyl adjacent to an activating group) is 1. The second-order valence-corrected chi connectivity index (χ2v) is 6.14. The predicted octanol–water partition coefficient (Wildman–Crippen LogP) is 1.45. The number of ether oxygens (including phenoxy) is 2.